The normalized spacial score (nSPS) is 24.4. The van der Waals surface area contributed by atoms with Gasteiger partial charge < -0.3 is 5.11 Å². The van der Waals surface area contributed by atoms with Gasteiger partial charge in [-0.1, -0.05) is 30.3 Å². The van der Waals surface area contributed by atoms with E-state index < -0.39 is 41.5 Å². The fraction of sp³-hybridized carbons (Fsp3) is 0.214. The number of carbonyl (C=O) groups excluding carboxylic acids is 1. The Labute approximate surface area is 112 Å². The molecule has 1 N–H and O–H groups in total. The molecule has 0 heterocycles. The summed E-state index contributed by atoms with van der Waals surface area (Å²) in [4.78, 5) is 11.9. The molecule has 0 radical (unpaired) electrons. The molecule has 2 unspecified atom stereocenters. The summed E-state index contributed by atoms with van der Waals surface area (Å²) in [6, 6.07) is 7.18. The molecular formula is C14H10F4O2. The first-order valence-corrected chi connectivity index (χ1v) is 5.74. The highest BCUT2D eigenvalue weighted by atomic mass is 19.2. The number of carbonyl (C=O) groups is 1. The third-order valence-electron chi connectivity index (χ3n) is 3.01. The Kier molecular flexibility index (Phi) is 3.76. The van der Waals surface area contributed by atoms with Gasteiger partial charge in [0.25, 0.3) is 0 Å². The predicted molar refractivity (Wildman–Crippen MR) is 63.3 cm³/mol. The first kappa shape index (κ1) is 14.5. The molecule has 0 amide bonds. The number of aliphatic hydroxyl groups excluding tert-OH is 1. The fourth-order valence-corrected chi connectivity index (χ4v) is 1.95. The molecule has 0 saturated heterocycles. The molecule has 106 valence electrons. The van der Waals surface area contributed by atoms with Crippen molar-refractivity contribution >= 4 is 5.78 Å². The van der Waals surface area contributed by atoms with E-state index in [1.54, 1.807) is 6.07 Å². The number of aliphatic hydroxyl groups is 1. The standard InChI is InChI=1S/C14H10F4O2/c15-9-6-10(16)12(17)14(18,7-9)13(20)11(19)8-4-2-1-3-5-8/h1-6,11,19H,7H2. The van der Waals surface area contributed by atoms with Crippen molar-refractivity contribution in [1.82, 2.24) is 0 Å². The van der Waals surface area contributed by atoms with Gasteiger partial charge in [0.2, 0.25) is 11.5 Å². The van der Waals surface area contributed by atoms with Crippen LogP contribution < -0.4 is 0 Å². The van der Waals surface area contributed by atoms with E-state index in [2.05, 4.69) is 0 Å². The Morgan fingerprint density at radius 2 is 1.80 bits per heavy atom. The summed E-state index contributed by atoms with van der Waals surface area (Å²) < 4.78 is 54.0. The molecule has 0 aromatic heterocycles. The Morgan fingerprint density at radius 1 is 1.20 bits per heavy atom. The number of Topliss-reactive ketones (excluding diaryl/α,β-unsaturated/α-hetero) is 1. The number of halogens is 4. The second-order valence-corrected chi connectivity index (χ2v) is 4.41. The van der Waals surface area contributed by atoms with E-state index in [0.29, 0.717) is 0 Å². The number of hydrogen-bond donors (Lipinski definition) is 1. The van der Waals surface area contributed by atoms with E-state index in [1.807, 2.05) is 0 Å². The van der Waals surface area contributed by atoms with Crippen LogP contribution in [0.5, 0.6) is 0 Å². The lowest BCUT2D eigenvalue weighted by atomic mass is 9.85. The number of hydrogen-bond acceptors (Lipinski definition) is 2. The van der Waals surface area contributed by atoms with E-state index in [-0.39, 0.29) is 11.6 Å². The molecule has 0 saturated carbocycles. The lowest BCUT2D eigenvalue weighted by molar-refractivity contribution is -0.138. The Bertz CT molecular complexity index is 594. The average Bonchev–Trinajstić information content (AvgIpc) is 2.44. The van der Waals surface area contributed by atoms with Gasteiger partial charge in [0.05, 0.1) is 0 Å². The average molecular weight is 286 g/mol. The summed E-state index contributed by atoms with van der Waals surface area (Å²) >= 11 is 0. The highest BCUT2D eigenvalue weighted by molar-refractivity contribution is 5.95. The summed E-state index contributed by atoms with van der Waals surface area (Å²) in [7, 11) is 0. The van der Waals surface area contributed by atoms with Crippen molar-refractivity contribution in [2.45, 2.75) is 18.2 Å². The van der Waals surface area contributed by atoms with Gasteiger partial charge >= 0.3 is 0 Å². The first-order valence-electron chi connectivity index (χ1n) is 5.74. The molecule has 1 aromatic carbocycles. The van der Waals surface area contributed by atoms with Crippen LogP contribution in [0.3, 0.4) is 0 Å². The maximum Gasteiger partial charge on any atom is 0.231 e. The number of rotatable bonds is 3. The van der Waals surface area contributed by atoms with E-state index in [1.165, 1.54) is 24.3 Å². The van der Waals surface area contributed by atoms with Crippen LogP contribution in [-0.4, -0.2) is 16.6 Å². The van der Waals surface area contributed by atoms with Crippen LogP contribution in [-0.2, 0) is 4.79 Å². The monoisotopic (exact) mass is 286 g/mol. The summed E-state index contributed by atoms with van der Waals surface area (Å²) in [6.07, 6.45) is -3.10. The fourth-order valence-electron chi connectivity index (χ4n) is 1.95. The van der Waals surface area contributed by atoms with E-state index in [0.717, 1.165) is 0 Å². The lowest BCUT2D eigenvalue weighted by Gasteiger charge is -2.26. The van der Waals surface area contributed by atoms with Crippen LogP contribution in [0.15, 0.2) is 53.9 Å². The quantitative estimate of drug-likeness (QED) is 0.865. The van der Waals surface area contributed by atoms with E-state index in [4.69, 9.17) is 0 Å². The van der Waals surface area contributed by atoms with E-state index in [9.17, 15) is 27.5 Å². The maximum atomic E-state index is 14.3. The smallest absolute Gasteiger partial charge is 0.231 e. The van der Waals surface area contributed by atoms with Crippen LogP contribution in [0.4, 0.5) is 17.6 Å². The molecular weight excluding hydrogens is 276 g/mol. The Morgan fingerprint density at radius 3 is 2.40 bits per heavy atom. The maximum absolute atomic E-state index is 14.3. The van der Waals surface area contributed by atoms with Crippen molar-refractivity contribution < 1.29 is 27.5 Å². The molecule has 2 atom stereocenters. The van der Waals surface area contributed by atoms with Gasteiger partial charge in [0.1, 0.15) is 11.9 Å². The summed E-state index contributed by atoms with van der Waals surface area (Å²) in [5, 5.41) is 9.75. The minimum absolute atomic E-state index is 0.0118. The SMILES string of the molecule is O=C(C(O)c1ccccc1)C1(F)CC(F)=CC(F)=C1F. The zero-order valence-corrected chi connectivity index (χ0v) is 10.1. The second kappa shape index (κ2) is 5.20. The molecule has 2 nitrogen and oxygen atoms in total. The van der Waals surface area contributed by atoms with Crippen LogP contribution in [0.25, 0.3) is 0 Å². The van der Waals surface area contributed by atoms with Crippen molar-refractivity contribution in [3.8, 4) is 0 Å². The minimum Gasteiger partial charge on any atom is -0.380 e. The van der Waals surface area contributed by atoms with E-state index >= 15 is 0 Å². The number of ketones is 1. The van der Waals surface area contributed by atoms with Crippen molar-refractivity contribution in [3.63, 3.8) is 0 Å². The van der Waals surface area contributed by atoms with Gasteiger partial charge in [-0.3, -0.25) is 4.79 Å². The molecule has 1 aliphatic rings. The molecule has 1 aromatic rings. The van der Waals surface area contributed by atoms with Gasteiger partial charge in [-0.2, -0.15) is 0 Å². The molecule has 0 bridgehead atoms. The number of alkyl halides is 1. The van der Waals surface area contributed by atoms with Crippen molar-refractivity contribution in [1.29, 1.82) is 0 Å². The second-order valence-electron chi connectivity index (χ2n) is 4.41. The lowest BCUT2D eigenvalue weighted by Crippen LogP contribution is -2.40. The largest absolute Gasteiger partial charge is 0.380 e. The molecule has 2 rings (SSSR count). The van der Waals surface area contributed by atoms with Crippen molar-refractivity contribution in [3.05, 3.63) is 59.5 Å². The summed E-state index contributed by atoms with van der Waals surface area (Å²) in [5.74, 6) is -6.75. The topological polar surface area (TPSA) is 37.3 Å². The molecule has 0 spiro atoms. The zero-order chi connectivity index (χ0) is 14.9. The van der Waals surface area contributed by atoms with Crippen LogP contribution in [0.2, 0.25) is 0 Å². The first-order chi connectivity index (χ1) is 9.36. The summed E-state index contributed by atoms with van der Waals surface area (Å²) in [6.45, 7) is 0. The van der Waals surface area contributed by atoms with Crippen molar-refractivity contribution in [2.75, 3.05) is 0 Å². The van der Waals surface area contributed by atoms with Crippen LogP contribution >= 0.6 is 0 Å². The van der Waals surface area contributed by atoms with Gasteiger partial charge in [-0.25, -0.2) is 17.6 Å². The van der Waals surface area contributed by atoms with Gasteiger partial charge in [-0.15, -0.1) is 0 Å². The van der Waals surface area contributed by atoms with Gasteiger partial charge in [-0.05, 0) is 5.56 Å². The highest BCUT2D eigenvalue weighted by Gasteiger charge is 2.50. The van der Waals surface area contributed by atoms with Crippen molar-refractivity contribution in [2.24, 2.45) is 0 Å². The third-order valence-corrected chi connectivity index (χ3v) is 3.01. The molecule has 20 heavy (non-hydrogen) atoms. The number of benzene rings is 1. The summed E-state index contributed by atoms with van der Waals surface area (Å²) in [5.41, 5.74) is -3.52. The molecule has 0 aliphatic heterocycles. The van der Waals surface area contributed by atoms with Gasteiger partial charge in [0.15, 0.2) is 11.7 Å². The predicted octanol–water partition coefficient (Wildman–Crippen LogP) is 3.41. The van der Waals surface area contributed by atoms with Crippen LogP contribution in [0, 0.1) is 0 Å². The highest BCUT2D eigenvalue weighted by Crippen LogP contribution is 2.41. The van der Waals surface area contributed by atoms with Gasteiger partial charge in [0, 0.05) is 12.5 Å². The number of allylic oxidation sites excluding steroid dienone is 4. The minimum atomic E-state index is -3.53. The molecule has 1 aliphatic carbocycles. The molecule has 6 heteroatoms. The Balaban J connectivity index is 2.36. The Hall–Kier alpha value is -1.95. The van der Waals surface area contributed by atoms with Crippen LogP contribution in [0.1, 0.15) is 18.1 Å². The molecule has 0 fully saturated rings. The zero-order valence-electron chi connectivity index (χ0n) is 10.1. The third kappa shape index (κ3) is 2.38.